The van der Waals surface area contributed by atoms with E-state index >= 15 is 0 Å². The average molecular weight is 579 g/mol. The Morgan fingerprint density at radius 1 is 1.11 bits per heavy atom. The second-order valence-corrected chi connectivity index (χ2v) is 12.8. The monoisotopic (exact) mass is 576 g/mol. The van der Waals surface area contributed by atoms with E-state index in [-0.39, 0.29) is 24.8 Å². The maximum atomic E-state index is 13.7. The number of anilines is 1. The first-order chi connectivity index (χ1) is 13.2. The second-order valence-electron chi connectivity index (χ2n) is 8.78. The van der Waals surface area contributed by atoms with E-state index in [9.17, 15) is 4.79 Å². The highest BCUT2D eigenvalue weighted by Crippen LogP contribution is 2.82. The van der Waals surface area contributed by atoms with Crippen molar-refractivity contribution in [1.82, 2.24) is 4.90 Å². The molecule has 0 spiro atoms. The third kappa shape index (κ3) is 2.54. The lowest BCUT2D eigenvalue weighted by atomic mass is 9.43. The van der Waals surface area contributed by atoms with Gasteiger partial charge in [-0.25, -0.2) is 0 Å². The smallest absolute Gasteiger partial charge is 0.230 e. The van der Waals surface area contributed by atoms with Gasteiger partial charge in [-0.3, -0.25) is 4.79 Å². The summed E-state index contributed by atoms with van der Waals surface area (Å²) in [6.45, 7) is 7.85. The van der Waals surface area contributed by atoms with Gasteiger partial charge in [-0.15, -0.1) is 0 Å². The third-order valence-corrected chi connectivity index (χ3v) is 11.1. The first-order valence-corrected chi connectivity index (χ1v) is 12.6. The van der Waals surface area contributed by atoms with E-state index in [1.54, 1.807) is 7.11 Å². The summed E-state index contributed by atoms with van der Waals surface area (Å²) in [5.74, 6) is 1.20. The molecule has 4 aliphatic rings. The van der Waals surface area contributed by atoms with Gasteiger partial charge in [0.15, 0.2) is 0 Å². The van der Waals surface area contributed by atoms with Crippen LogP contribution in [0.5, 0.6) is 5.75 Å². The van der Waals surface area contributed by atoms with Gasteiger partial charge in [0.05, 0.1) is 16.3 Å². The fourth-order valence-corrected chi connectivity index (χ4v) is 10.8. The fourth-order valence-electron chi connectivity index (χ4n) is 5.91. The van der Waals surface area contributed by atoms with Crippen LogP contribution in [-0.2, 0) is 4.79 Å². The summed E-state index contributed by atoms with van der Waals surface area (Å²) in [6, 6.07) is 8.17. The van der Waals surface area contributed by atoms with Gasteiger partial charge in [-0.2, -0.15) is 0 Å². The van der Waals surface area contributed by atoms with Crippen LogP contribution in [0, 0.1) is 16.2 Å². The average Bonchev–Trinajstić information content (AvgIpc) is 3.17. The highest BCUT2D eigenvalue weighted by Gasteiger charge is 2.83. The molecule has 1 heterocycles. The Hall–Kier alpha value is -0.270. The number of rotatable bonds is 4. The minimum atomic E-state index is -0.297. The lowest BCUT2D eigenvalue weighted by Gasteiger charge is -2.67. The molecule has 0 N–H and O–H groups in total. The molecule has 1 amide bonds. The molecule has 3 atom stereocenters. The molecule has 1 aromatic carbocycles. The summed E-state index contributed by atoms with van der Waals surface area (Å²) >= 11 is 11.5. The number of methoxy groups -OCH3 is 1. The van der Waals surface area contributed by atoms with Gasteiger partial charge in [-0.1, -0.05) is 61.6 Å². The molecule has 1 aliphatic heterocycles. The van der Waals surface area contributed by atoms with Gasteiger partial charge in [0.2, 0.25) is 5.91 Å². The van der Waals surface area contributed by atoms with Crippen LogP contribution in [0.25, 0.3) is 0 Å². The Morgan fingerprint density at radius 2 is 1.71 bits per heavy atom. The van der Waals surface area contributed by atoms with Crippen molar-refractivity contribution in [2.75, 3.05) is 38.2 Å². The van der Waals surface area contributed by atoms with Gasteiger partial charge in [-0.05, 0) is 42.5 Å². The van der Waals surface area contributed by atoms with Crippen LogP contribution in [-0.4, -0.2) is 52.7 Å². The predicted molar refractivity (Wildman–Crippen MR) is 124 cm³/mol. The number of halogens is 3. The predicted octanol–water partition coefficient (Wildman–Crippen LogP) is 5.03. The molecule has 2 bridgehead atoms. The van der Waals surface area contributed by atoms with E-state index in [4.69, 9.17) is 4.74 Å². The molecule has 0 radical (unpaired) electrons. The highest BCUT2D eigenvalue weighted by atomic mass is 79.9. The lowest BCUT2D eigenvalue weighted by Crippen LogP contribution is -2.73. The number of hydrogen-bond donors (Lipinski definition) is 0. The first kappa shape index (κ1) is 21.0. The first-order valence-electron chi connectivity index (χ1n) is 9.83. The molecule has 4 fully saturated rings. The van der Waals surface area contributed by atoms with Crippen LogP contribution < -0.4 is 9.64 Å². The molecule has 7 heteroatoms. The summed E-state index contributed by atoms with van der Waals surface area (Å²) in [5, 5.41) is 0. The maximum Gasteiger partial charge on any atom is 0.230 e. The molecule has 3 aliphatic carbocycles. The summed E-state index contributed by atoms with van der Waals surface area (Å²) in [4.78, 5) is 18.4. The zero-order valence-corrected chi connectivity index (χ0v) is 21.3. The summed E-state index contributed by atoms with van der Waals surface area (Å²) in [7, 11) is 1.68. The van der Waals surface area contributed by atoms with Crippen LogP contribution in [0.2, 0.25) is 0 Å². The van der Waals surface area contributed by atoms with E-state index in [2.05, 4.69) is 83.6 Å². The molecule has 3 saturated carbocycles. The van der Waals surface area contributed by atoms with Crippen molar-refractivity contribution in [2.45, 2.75) is 35.3 Å². The normalized spacial score (nSPS) is 33.8. The third-order valence-electron chi connectivity index (χ3n) is 7.87. The van der Waals surface area contributed by atoms with Crippen LogP contribution in [0.15, 0.2) is 24.3 Å². The number of fused-ring (bicyclic) bond motifs is 1. The molecular weight excluding hydrogens is 552 g/mol. The van der Waals surface area contributed by atoms with Crippen molar-refractivity contribution in [3.63, 3.8) is 0 Å². The zero-order chi connectivity index (χ0) is 20.3. The fraction of sp³-hybridized carbons (Fsp3) is 0.667. The topological polar surface area (TPSA) is 32.8 Å². The van der Waals surface area contributed by atoms with Crippen molar-refractivity contribution in [3.8, 4) is 5.75 Å². The zero-order valence-electron chi connectivity index (χ0n) is 16.6. The van der Waals surface area contributed by atoms with Crippen molar-refractivity contribution in [1.29, 1.82) is 0 Å². The Kier molecular flexibility index (Phi) is 5.36. The molecule has 4 nitrogen and oxygen atoms in total. The number of carbonyl (C=O) groups excluding carboxylic acids is 1. The molecule has 0 unspecified atom stereocenters. The largest absolute Gasteiger partial charge is 0.497 e. The molecule has 154 valence electrons. The van der Waals surface area contributed by atoms with Crippen molar-refractivity contribution in [2.24, 2.45) is 16.2 Å². The molecule has 0 aromatic heterocycles. The Balaban J connectivity index is 1.46. The highest BCUT2D eigenvalue weighted by molar-refractivity contribution is 9.24. The van der Waals surface area contributed by atoms with Gasteiger partial charge < -0.3 is 14.5 Å². The van der Waals surface area contributed by atoms with E-state index in [0.717, 1.165) is 44.8 Å². The summed E-state index contributed by atoms with van der Waals surface area (Å²) < 4.78 is 5.46. The SMILES string of the molecule is COc1ccc(N2CCN(C(=O)[C@@]34CC[C@@](C(Br)Br)([C@@H]3Br)C4(C)C)CC2)cc1. The molecule has 1 saturated heterocycles. The number of carbonyl (C=O) groups is 1. The van der Waals surface area contributed by atoms with Crippen LogP contribution >= 0.6 is 47.8 Å². The number of hydrogen-bond acceptors (Lipinski definition) is 3. The summed E-state index contributed by atoms with van der Waals surface area (Å²) in [5.41, 5.74) is 0.924. The number of amides is 1. The number of nitrogens with zero attached hydrogens (tertiary/aromatic N) is 2. The minimum Gasteiger partial charge on any atom is -0.497 e. The van der Waals surface area contributed by atoms with Crippen LogP contribution in [0.3, 0.4) is 0 Å². The lowest BCUT2D eigenvalue weighted by molar-refractivity contribution is -0.173. The molecule has 28 heavy (non-hydrogen) atoms. The Bertz CT molecular complexity index is 761. The van der Waals surface area contributed by atoms with Crippen LogP contribution in [0.4, 0.5) is 5.69 Å². The molecule has 5 rings (SSSR count). The molecule has 1 aromatic rings. The van der Waals surface area contributed by atoms with Crippen molar-refractivity contribution < 1.29 is 9.53 Å². The second kappa shape index (κ2) is 7.16. The quantitative estimate of drug-likeness (QED) is 0.470. The van der Waals surface area contributed by atoms with Gasteiger partial charge in [0.1, 0.15) is 5.75 Å². The Labute approximate surface area is 192 Å². The number of piperazine rings is 1. The minimum absolute atomic E-state index is 0.0456. The van der Waals surface area contributed by atoms with Gasteiger partial charge in [0.25, 0.3) is 0 Å². The van der Waals surface area contributed by atoms with Crippen LogP contribution in [0.1, 0.15) is 26.7 Å². The van der Waals surface area contributed by atoms with Gasteiger partial charge >= 0.3 is 0 Å². The maximum absolute atomic E-state index is 13.7. The number of ether oxygens (including phenoxy) is 1. The van der Waals surface area contributed by atoms with Gasteiger partial charge in [0, 0.05) is 42.1 Å². The van der Waals surface area contributed by atoms with E-state index in [1.165, 1.54) is 5.69 Å². The van der Waals surface area contributed by atoms with E-state index < -0.39 is 0 Å². The van der Waals surface area contributed by atoms with Crippen molar-refractivity contribution in [3.05, 3.63) is 24.3 Å². The van der Waals surface area contributed by atoms with E-state index in [1.807, 2.05) is 12.1 Å². The molecular formula is C21H27Br3N2O2. The Morgan fingerprint density at radius 3 is 2.18 bits per heavy atom. The number of alkyl halides is 3. The standard InChI is InChI=1S/C21H27Br3N2O2/c1-19(2)20(17(23)24)8-9-21(19,16(20)22)18(27)26-12-10-25(11-13-26)14-4-6-15(28-3)7-5-14/h4-7,16-17H,8-13H2,1-3H3/t16-,20-,21+/m0/s1. The summed E-state index contributed by atoms with van der Waals surface area (Å²) in [6.07, 6.45) is 2.02. The van der Waals surface area contributed by atoms with E-state index in [0.29, 0.717) is 5.91 Å². The number of benzene rings is 1. The van der Waals surface area contributed by atoms with Crippen molar-refractivity contribution >= 4 is 59.4 Å².